The Morgan fingerprint density at radius 1 is 0.630 bits per heavy atom. The molecule has 2 aromatic heterocycles. The molecule has 142 valence electrons. The van der Waals surface area contributed by atoms with Crippen LogP contribution < -0.4 is 0 Å². The van der Waals surface area contributed by atoms with Crippen LogP contribution >= 0.6 is 0 Å². The molecule has 0 amide bonds. The molecule has 4 nitrogen and oxygen atoms in total. The van der Waals surface area contributed by atoms with Gasteiger partial charge >= 0.3 is 0 Å². The Bertz CT molecular complexity index is 926. The molecule has 4 aromatic rings. The molecule has 0 saturated heterocycles. The molecule has 0 fully saturated rings. The number of aryl methyl sites for hydroxylation is 2. The van der Waals surface area contributed by atoms with Gasteiger partial charge in [-0.15, -0.1) is 0 Å². The van der Waals surface area contributed by atoms with Gasteiger partial charge in [-0.05, 0) is 12.1 Å². The van der Waals surface area contributed by atoms with Crippen molar-refractivity contribution in [2.75, 3.05) is 0 Å². The highest BCUT2D eigenvalue weighted by Gasteiger charge is 2.14. The Kier molecular flexibility index (Phi) is 7.47. The Labute approximate surface area is 162 Å². The van der Waals surface area contributed by atoms with E-state index in [4.69, 9.17) is 0 Å². The van der Waals surface area contributed by atoms with Crippen molar-refractivity contribution in [2.45, 2.75) is 54.4 Å². The lowest BCUT2D eigenvalue weighted by atomic mass is 10.2. The average molecular weight is 363 g/mol. The van der Waals surface area contributed by atoms with Crippen LogP contribution in [-0.4, -0.2) is 19.5 Å². The fourth-order valence-electron chi connectivity index (χ4n) is 3.01. The maximum atomic E-state index is 4.68. The van der Waals surface area contributed by atoms with Crippen LogP contribution in [0.15, 0.2) is 48.5 Å². The van der Waals surface area contributed by atoms with Crippen molar-refractivity contribution in [2.24, 2.45) is 0 Å². The summed E-state index contributed by atoms with van der Waals surface area (Å²) >= 11 is 0. The minimum atomic E-state index is 0.714. The minimum absolute atomic E-state index is 0.714. The maximum absolute atomic E-state index is 4.68. The smallest absolute Gasteiger partial charge is 0.238 e. The monoisotopic (exact) mass is 362 g/mol. The zero-order valence-electron chi connectivity index (χ0n) is 17.3. The zero-order valence-corrected chi connectivity index (χ0v) is 17.3. The number of rotatable bonds is 3. The number of hydrogen-bond acceptors (Lipinski definition) is 3. The molecule has 0 N–H and O–H groups in total. The molecule has 0 aliphatic carbocycles. The lowest BCUT2D eigenvalue weighted by molar-refractivity contribution is 0.795. The standard InChI is InChI=1S/C19H18N4.2C2H6/c1-3-17-20-18(4-2)22-19(21-17)23-15-11-7-5-9-13(15)14-10-6-8-12-16(14)23;2*1-2/h5-12H,3-4H2,1-2H3;2*1-2H3. The number of para-hydroxylation sites is 2. The van der Waals surface area contributed by atoms with Gasteiger partial charge in [0.05, 0.1) is 11.0 Å². The molecule has 4 heteroatoms. The summed E-state index contributed by atoms with van der Waals surface area (Å²) in [5.74, 6) is 2.40. The maximum Gasteiger partial charge on any atom is 0.238 e. The van der Waals surface area contributed by atoms with Gasteiger partial charge in [0, 0.05) is 23.6 Å². The van der Waals surface area contributed by atoms with E-state index in [1.165, 1.54) is 10.8 Å². The molecule has 0 aliphatic rings. The molecule has 2 aromatic carbocycles. The summed E-state index contributed by atoms with van der Waals surface area (Å²) in [6.07, 6.45) is 1.61. The van der Waals surface area contributed by atoms with Crippen molar-refractivity contribution in [3.8, 4) is 5.95 Å². The van der Waals surface area contributed by atoms with Gasteiger partial charge in [-0.25, -0.2) is 4.98 Å². The molecule has 0 saturated carbocycles. The second kappa shape index (κ2) is 9.81. The average Bonchev–Trinajstić information content (AvgIpc) is 3.10. The molecule has 0 atom stereocenters. The van der Waals surface area contributed by atoms with Crippen molar-refractivity contribution in [3.05, 3.63) is 60.2 Å². The first-order valence-corrected chi connectivity index (χ1v) is 10.0. The van der Waals surface area contributed by atoms with Crippen LogP contribution in [0.5, 0.6) is 0 Å². The molecule has 27 heavy (non-hydrogen) atoms. The van der Waals surface area contributed by atoms with E-state index in [1.54, 1.807) is 0 Å². The molecular formula is C23H30N4. The lowest BCUT2D eigenvalue weighted by Gasteiger charge is -2.08. The highest BCUT2D eigenvalue weighted by atomic mass is 15.2. The second-order valence-corrected chi connectivity index (χ2v) is 5.54. The molecule has 0 aliphatic heterocycles. The third-order valence-electron chi connectivity index (χ3n) is 4.13. The Morgan fingerprint density at radius 3 is 1.44 bits per heavy atom. The van der Waals surface area contributed by atoms with Gasteiger partial charge in [-0.1, -0.05) is 77.9 Å². The van der Waals surface area contributed by atoms with Gasteiger partial charge in [-0.2, -0.15) is 9.97 Å². The molecule has 0 unspecified atom stereocenters. The van der Waals surface area contributed by atoms with Crippen LogP contribution in [-0.2, 0) is 12.8 Å². The van der Waals surface area contributed by atoms with Crippen LogP contribution in [0.4, 0.5) is 0 Å². The van der Waals surface area contributed by atoms with Crippen LogP contribution in [0.2, 0.25) is 0 Å². The van der Waals surface area contributed by atoms with E-state index >= 15 is 0 Å². The van der Waals surface area contributed by atoms with Gasteiger partial charge in [0.15, 0.2) is 0 Å². The molecule has 4 rings (SSSR count). The fraction of sp³-hybridized carbons (Fsp3) is 0.348. The number of nitrogens with zero attached hydrogens (tertiary/aromatic N) is 4. The third kappa shape index (κ3) is 4.00. The van der Waals surface area contributed by atoms with Crippen LogP contribution in [0, 0.1) is 0 Å². The quantitative estimate of drug-likeness (QED) is 0.439. The van der Waals surface area contributed by atoms with E-state index in [0.717, 1.165) is 35.5 Å². The van der Waals surface area contributed by atoms with Crippen molar-refractivity contribution >= 4 is 21.8 Å². The summed E-state index contributed by atoms with van der Waals surface area (Å²) in [4.78, 5) is 13.9. The second-order valence-electron chi connectivity index (χ2n) is 5.54. The fourth-order valence-corrected chi connectivity index (χ4v) is 3.01. The van der Waals surface area contributed by atoms with E-state index in [2.05, 4.69) is 81.9 Å². The lowest BCUT2D eigenvalue weighted by Crippen LogP contribution is -2.09. The summed E-state index contributed by atoms with van der Waals surface area (Å²) in [5.41, 5.74) is 2.26. The van der Waals surface area contributed by atoms with Gasteiger partial charge in [0.1, 0.15) is 11.6 Å². The molecule has 0 spiro atoms. The predicted octanol–water partition coefficient (Wildman–Crippen LogP) is 6.15. The molecule has 0 radical (unpaired) electrons. The summed E-state index contributed by atoms with van der Waals surface area (Å²) in [6, 6.07) is 16.8. The number of aromatic nitrogens is 4. The molecule has 0 bridgehead atoms. The van der Waals surface area contributed by atoms with E-state index in [1.807, 2.05) is 27.7 Å². The normalized spacial score (nSPS) is 10.1. The van der Waals surface area contributed by atoms with Crippen molar-refractivity contribution in [3.63, 3.8) is 0 Å². The summed E-state index contributed by atoms with van der Waals surface area (Å²) in [6.45, 7) is 12.1. The molecular weight excluding hydrogens is 332 g/mol. The number of hydrogen-bond donors (Lipinski definition) is 0. The first-order valence-electron chi connectivity index (χ1n) is 10.0. The van der Waals surface area contributed by atoms with E-state index in [0.29, 0.717) is 5.95 Å². The van der Waals surface area contributed by atoms with Crippen molar-refractivity contribution in [1.82, 2.24) is 19.5 Å². The van der Waals surface area contributed by atoms with Gasteiger partial charge in [0.25, 0.3) is 0 Å². The van der Waals surface area contributed by atoms with Crippen LogP contribution in [0.3, 0.4) is 0 Å². The summed E-state index contributed by atoms with van der Waals surface area (Å²) < 4.78 is 2.14. The number of fused-ring (bicyclic) bond motifs is 3. The third-order valence-corrected chi connectivity index (χ3v) is 4.13. The first-order chi connectivity index (χ1) is 13.3. The van der Waals surface area contributed by atoms with Crippen LogP contribution in [0.25, 0.3) is 27.8 Å². The van der Waals surface area contributed by atoms with E-state index < -0.39 is 0 Å². The Morgan fingerprint density at radius 2 is 1.04 bits per heavy atom. The van der Waals surface area contributed by atoms with E-state index in [9.17, 15) is 0 Å². The Balaban J connectivity index is 0.000000614. The van der Waals surface area contributed by atoms with E-state index in [-0.39, 0.29) is 0 Å². The van der Waals surface area contributed by atoms with Crippen LogP contribution in [0.1, 0.15) is 53.2 Å². The number of benzene rings is 2. The van der Waals surface area contributed by atoms with Gasteiger partial charge in [0.2, 0.25) is 5.95 Å². The highest BCUT2D eigenvalue weighted by molar-refractivity contribution is 6.08. The topological polar surface area (TPSA) is 43.6 Å². The van der Waals surface area contributed by atoms with Crippen molar-refractivity contribution < 1.29 is 0 Å². The summed E-state index contributed by atoms with van der Waals surface area (Å²) in [7, 11) is 0. The zero-order chi connectivity index (χ0) is 19.8. The first kappa shape index (κ1) is 20.6. The SMILES string of the molecule is CC.CC.CCc1nc(CC)nc(-n2c3ccccc3c3ccccc32)n1. The van der Waals surface area contributed by atoms with Crippen molar-refractivity contribution in [1.29, 1.82) is 0 Å². The minimum Gasteiger partial charge on any atom is -0.278 e. The predicted molar refractivity (Wildman–Crippen MR) is 116 cm³/mol. The Hall–Kier alpha value is -2.75. The summed E-state index contributed by atoms with van der Waals surface area (Å²) in [5, 5.41) is 2.44. The van der Waals surface area contributed by atoms with Gasteiger partial charge < -0.3 is 0 Å². The highest BCUT2D eigenvalue weighted by Crippen LogP contribution is 2.30. The van der Waals surface area contributed by atoms with Gasteiger partial charge in [-0.3, -0.25) is 4.57 Å². The molecule has 2 heterocycles. The largest absolute Gasteiger partial charge is 0.278 e.